The molecule has 0 amide bonds. The van der Waals surface area contributed by atoms with Crippen molar-refractivity contribution in [2.24, 2.45) is 0 Å². The number of hydrogen-bond acceptors (Lipinski definition) is 2. The molecule has 0 aromatic heterocycles. The fourth-order valence-electron chi connectivity index (χ4n) is 0.864. The lowest BCUT2D eigenvalue weighted by molar-refractivity contribution is 0.477. The molecular formula is C10H13NO. The van der Waals surface area contributed by atoms with Crippen LogP contribution < -0.4 is 5.32 Å². The van der Waals surface area contributed by atoms with E-state index in [-0.39, 0.29) is 5.75 Å². The van der Waals surface area contributed by atoms with Crippen LogP contribution in [0.2, 0.25) is 0 Å². The minimum absolute atomic E-state index is 0.277. The lowest BCUT2D eigenvalue weighted by Crippen LogP contribution is -1.94. The molecule has 0 unspecified atom stereocenters. The van der Waals surface area contributed by atoms with Crippen molar-refractivity contribution >= 4 is 5.69 Å². The molecule has 0 saturated carbocycles. The van der Waals surface area contributed by atoms with Crippen LogP contribution in [0.15, 0.2) is 36.0 Å². The summed E-state index contributed by atoms with van der Waals surface area (Å²) in [6.07, 6.45) is 1.95. The van der Waals surface area contributed by atoms with E-state index in [2.05, 4.69) is 5.32 Å². The maximum atomic E-state index is 9.37. The SMILES string of the molecule is C/C=C(\C)Nc1ccccc1O. The van der Waals surface area contributed by atoms with Crippen molar-refractivity contribution < 1.29 is 5.11 Å². The fourth-order valence-corrected chi connectivity index (χ4v) is 0.864. The second-order valence-electron chi connectivity index (χ2n) is 2.61. The summed E-state index contributed by atoms with van der Waals surface area (Å²) in [6, 6.07) is 7.17. The average molecular weight is 163 g/mol. The second kappa shape index (κ2) is 3.81. The van der Waals surface area contributed by atoms with Gasteiger partial charge in [-0.15, -0.1) is 0 Å². The van der Waals surface area contributed by atoms with E-state index < -0.39 is 0 Å². The van der Waals surface area contributed by atoms with Gasteiger partial charge in [0.15, 0.2) is 0 Å². The highest BCUT2D eigenvalue weighted by molar-refractivity contribution is 5.58. The largest absolute Gasteiger partial charge is 0.506 e. The molecular weight excluding hydrogens is 150 g/mol. The first-order valence-electron chi connectivity index (χ1n) is 3.92. The van der Waals surface area contributed by atoms with Gasteiger partial charge in [-0.1, -0.05) is 18.2 Å². The Kier molecular flexibility index (Phi) is 2.75. The molecule has 2 nitrogen and oxygen atoms in total. The summed E-state index contributed by atoms with van der Waals surface area (Å²) in [5, 5.41) is 12.4. The Morgan fingerprint density at radius 1 is 1.42 bits per heavy atom. The lowest BCUT2D eigenvalue weighted by Gasteiger charge is -2.06. The minimum atomic E-state index is 0.277. The highest BCUT2D eigenvalue weighted by Gasteiger charge is 1.96. The van der Waals surface area contributed by atoms with Gasteiger partial charge in [0.1, 0.15) is 5.75 Å². The Balaban J connectivity index is 2.82. The molecule has 1 rings (SSSR count). The maximum absolute atomic E-state index is 9.37. The molecule has 2 heteroatoms. The maximum Gasteiger partial charge on any atom is 0.139 e. The summed E-state index contributed by atoms with van der Waals surface area (Å²) in [5.74, 6) is 0.277. The number of aromatic hydroxyl groups is 1. The van der Waals surface area contributed by atoms with Crippen molar-refractivity contribution in [2.45, 2.75) is 13.8 Å². The van der Waals surface area contributed by atoms with Gasteiger partial charge in [-0.25, -0.2) is 0 Å². The molecule has 0 fully saturated rings. The summed E-state index contributed by atoms with van der Waals surface area (Å²) < 4.78 is 0. The first-order valence-corrected chi connectivity index (χ1v) is 3.92. The van der Waals surface area contributed by atoms with Crippen LogP contribution in [-0.2, 0) is 0 Å². The molecule has 1 aromatic rings. The number of rotatable bonds is 2. The van der Waals surface area contributed by atoms with E-state index in [9.17, 15) is 5.11 Å². The normalized spacial score (nSPS) is 11.3. The number of benzene rings is 1. The second-order valence-corrected chi connectivity index (χ2v) is 2.61. The van der Waals surface area contributed by atoms with Crippen LogP contribution in [0.5, 0.6) is 5.75 Å². The first-order chi connectivity index (χ1) is 5.74. The summed E-state index contributed by atoms with van der Waals surface area (Å²) >= 11 is 0. The third-order valence-electron chi connectivity index (χ3n) is 1.67. The standard InChI is InChI=1S/C10H13NO/c1-3-8(2)11-9-6-4-5-7-10(9)12/h3-7,11-12H,1-2H3/b8-3+. The number of phenolic OH excluding ortho intramolecular Hbond substituents is 1. The van der Waals surface area contributed by atoms with E-state index >= 15 is 0 Å². The number of anilines is 1. The monoisotopic (exact) mass is 163 g/mol. The number of hydrogen-bond donors (Lipinski definition) is 2. The van der Waals surface area contributed by atoms with Gasteiger partial charge in [0.25, 0.3) is 0 Å². The van der Waals surface area contributed by atoms with Gasteiger partial charge >= 0.3 is 0 Å². The van der Waals surface area contributed by atoms with Crippen LogP contribution in [0.4, 0.5) is 5.69 Å². The molecule has 0 aliphatic rings. The molecule has 1 aromatic carbocycles. The van der Waals surface area contributed by atoms with Gasteiger partial charge in [-0.2, -0.15) is 0 Å². The zero-order valence-electron chi connectivity index (χ0n) is 7.33. The van der Waals surface area contributed by atoms with E-state index in [4.69, 9.17) is 0 Å². The number of nitrogens with one attached hydrogen (secondary N) is 1. The Bertz CT molecular complexity index is 292. The van der Waals surface area contributed by atoms with Crippen LogP contribution in [-0.4, -0.2) is 5.11 Å². The molecule has 2 N–H and O–H groups in total. The smallest absolute Gasteiger partial charge is 0.139 e. The molecule has 64 valence electrons. The summed E-state index contributed by atoms with van der Waals surface area (Å²) in [7, 11) is 0. The van der Waals surface area contributed by atoms with E-state index in [1.165, 1.54) is 0 Å². The lowest BCUT2D eigenvalue weighted by atomic mass is 10.3. The Morgan fingerprint density at radius 2 is 2.08 bits per heavy atom. The van der Waals surface area contributed by atoms with Gasteiger partial charge in [0, 0.05) is 5.70 Å². The third kappa shape index (κ3) is 2.02. The predicted molar refractivity (Wildman–Crippen MR) is 51.2 cm³/mol. The Morgan fingerprint density at radius 3 is 2.67 bits per heavy atom. The van der Waals surface area contributed by atoms with Crippen molar-refractivity contribution in [3.8, 4) is 5.75 Å². The van der Waals surface area contributed by atoms with Crippen molar-refractivity contribution in [2.75, 3.05) is 5.32 Å². The quantitative estimate of drug-likeness (QED) is 0.657. The fraction of sp³-hybridized carbons (Fsp3) is 0.200. The van der Waals surface area contributed by atoms with Crippen molar-refractivity contribution in [1.29, 1.82) is 0 Å². The van der Waals surface area contributed by atoms with Gasteiger partial charge in [-0.3, -0.25) is 0 Å². The van der Waals surface area contributed by atoms with Crippen LogP contribution in [0.25, 0.3) is 0 Å². The van der Waals surface area contributed by atoms with E-state index in [1.54, 1.807) is 12.1 Å². The number of phenols is 1. The molecule has 0 aliphatic heterocycles. The average Bonchev–Trinajstić information content (AvgIpc) is 2.09. The molecule has 0 spiro atoms. The van der Waals surface area contributed by atoms with E-state index in [0.717, 1.165) is 11.4 Å². The number of para-hydroxylation sites is 2. The van der Waals surface area contributed by atoms with Crippen LogP contribution in [0.1, 0.15) is 13.8 Å². The van der Waals surface area contributed by atoms with Crippen LogP contribution in [0.3, 0.4) is 0 Å². The number of allylic oxidation sites excluding steroid dienone is 2. The van der Waals surface area contributed by atoms with Crippen LogP contribution >= 0.6 is 0 Å². The minimum Gasteiger partial charge on any atom is -0.506 e. The Hall–Kier alpha value is -1.44. The topological polar surface area (TPSA) is 32.3 Å². The summed E-state index contributed by atoms with van der Waals surface area (Å²) in [5.41, 5.74) is 1.77. The van der Waals surface area contributed by atoms with E-state index in [0.29, 0.717) is 0 Å². The van der Waals surface area contributed by atoms with Gasteiger partial charge in [-0.05, 0) is 26.0 Å². The summed E-state index contributed by atoms with van der Waals surface area (Å²) in [6.45, 7) is 3.90. The van der Waals surface area contributed by atoms with Gasteiger partial charge in [0.05, 0.1) is 5.69 Å². The summed E-state index contributed by atoms with van der Waals surface area (Å²) in [4.78, 5) is 0. The molecule has 0 radical (unpaired) electrons. The zero-order valence-corrected chi connectivity index (χ0v) is 7.33. The van der Waals surface area contributed by atoms with Crippen LogP contribution in [0, 0.1) is 0 Å². The Labute approximate surface area is 72.5 Å². The van der Waals surface area contributed by atoms with Crippen molar-refractivity contribution in [1.82, 2.24) is 0 Å². The first kappa shape index (κ1) is 8.65. The van der Waals surface area contributed by atoms with E-state index in [1.807, 2.05) is 32.1 Å². The molecule has 0 aliphatic carbocycles. The highest BCUT2D eigenvalue weighted by atomic mass is 16.3. The molecule has 0 bridgehead atoms. The highest BCUT2D eigenvalue weighted by Crippen LogP contribution is 2.22. The van der Waals surface area contributed by atoms with Gasteiger partial charge in [0.2, 0.25) is 0 Å². The molecule has 0 atom stereocenters. The van der Waals surface area contributed by atoms with Crippen molar-refractivity contribution in [3.63, 3.8) is 0 Å². The zero-order chi connectivity index (χ0) is 8.97. The molecule has 0 heterocycles. The molecule has 0 saturated heterocycles. The molecule has 12 heavy (non-hydrogen) atoms. The predicted octanol–water partition coefficient (Wildman–Crippen LogP) is 2.73. The third-order valence-corrected chi connectivity index (χ3v) is 1.67. The van der Waals surface area contributed by atoms with Gasteiger partial charge < -0.3 is 10.4 Å². The van der Waals surface area contributed by atoms with Crippen molar-refractivity contribution in [3.05, 3.63) is 36.0 Å².